The molecule has 0 N–H and O–H groups in total. The molecule has 0 aromatic carbocycles. The molecule has 1 aromatic heterocycles. The monoisotopic (exact) mass is 178 g/mol. The second kappa shape index (κ2) is 4.12. The minimum absolute atomic E-state index is 0.108. The number of hydrogen-bond donors (Lipinski definition) is 0. The van der Waals surface area contributed by atoms with Crippen LogP contribution in [0, 0.1) is 11.8 Å². The summed E-state index contributed by atoms with van der Waals surface area (Å²) >= 11 is 0. The van der Waals surface area contributed by atoms with Gasteiger partial charge in [-0.05, 0) is 18.1 Å². The molecule has 0 bridgehead atoms. The van der Waals surface area contributed by atoms with Crippen molar-refractivity contribution in [3.05, 3.63) is 24.2 Å². The van der Waals surface area contributed by atoms with Crippen LogP contribution in [0.3, 0.4) is 0 Å². The van der Waals surface area contributed by atoms with Crippen LogP contribution in [0.4, 0.5) is 0 Å². The highest BCUT2D eigenvalue weighted by atomic mass is 16.5. The third kappa shape index (κ3) is 2.49. The number of esters is 1. The predicted octanol–water partition coefficient (Wildman–Crippen LogP) is 0.639. The quantitative estimate of drug-likeness (QED) is 0.208. The number of ether oxygens (including phenoxy) is 1. The van der Waals surface area contributed by atoms with Gasteiger partial charge in [0.2, 0.25) is 0 Å². The number of Topliss-reactive ketones (excluding diaryl/α,β-unsaturated/α-hetero) is 1. The standard InChI is InChI=1S/C9H6O4/c1-12-9(11)5-4-7(10)8-3-2-6-13-8/h2-3,6H,1H3. The maximum absolute atomic E-state index is 11.1. The maximum atomic E-state index is 11.1. The largest absolute Gasteiger partial charge is 0.460 e. The SMILES string of the molecule is COC(=O)C#CC(=O)c1ccco1. The molecule has 0 atom stereocenters. The molecule has 1 aromatic rings. The molecule has 4 heteroatoms. The van der Waals surface area contributed by atoms with E-state index >= 15 is 0 Å². The van der Waals surface area contributed by atoms with Crippen molar-refractivity contribution in [3.63, 3.8) is 0 Å². The lowest BCUT2D eigenvalue weighted by molar-refractivity contribution is -0.133. The van der Waals surface area contributed by atoms with E-state index in [1.807, 2.05) is 5.92 Å². The Balaban J connectivity index is 2.70. The Hall–Kier alpha value is -2.02. The first-order valence-corrected chi connectivity index (χ1v) is 3.42. The summed E-state index contributed by atoms with van der Waals surface area (Å²) in [6, 6.07) is 3.03. The van der Waals surface area contributed by atoms with Gasteiger partial charge in [-0.2, -0.15) is 0 Å². The molecule has 0 saturated carbocycles. The normalized spacial score (nSPS) is 8.38. The summed E-state index contributed by atoms with van der Waals surface area (Å²) in [4.78, 5) is 21.6. The fourth-order valence-electron chi connectivity index (χ4n) is 0.628. The van der Waals surface area contributed by atoms with E-state index in [2.05, 4.69) is 10.7 Å². The topological polar surface area (TPSA) is 56.5 Å². The van der Waals surface area contributed by atoms with Crippen LogP contribution in [-0.4, -0.2) is 18.9 Å². The van der Waals surface area contributed by atoms with E-state index in [0.29, 0.717) is 0 Å². The van der Waals surface area contributed by atoms with Crippen LogP contribution in [0.5, 0.6) is 0 Å². The minimum atomic E-state index is -0.750. The molecule has 0 fully saturated rings. The Morgan fingerprint density at radius 3 is 2.77 bits per heavy atom. The Bertz CT molecular complexity index is 364. The average Bonchev–Trinajstić information content (AvgIpc) is 2.66. The van der Waals surface area contributed by atoms with Gasteiger partial charge in [0.15, 0.2) is 5.76 Å². The number of methoxy groups -OCH3 is 1. The van der Waals surface area contributed by atoms with E-state index in [9.17, 15) is 9.59 Å². The second-order valence-corrected chi connectivity index (χ2v) is 2.05. The van der Waals surface area contributed by atoms with Crippen molar-refractivity contribution in [1.29, 1.82) is 0 Å². The van der Waals surface area contributed by atoms with Crippen molar-refractivity contribution >= 4 is 11.8 Å². The highest BCUT2D eigenvalue weighted by molar-refractivity contribution is 6.10. The molecule has 13 heavy (non-hydrogen) atoms. The molecule has 1 heterocycles. The van der Waals surface area contributed by atoms with Gasteiger partial charge in [-0.3, -0.25) is 4.79 Å². The fraction of sp³-hybridized carbons (Fsp3) is 0.111. The van der Waals surface area contributed by atoms with Crippen LogP contribution in [0.25, 0.3) is 0 Å². The van der Waals surface area contributed by atoms with Crippen molar-refractivity contribution in [2.24, 2.45) is 0 Å². The van der Waals surface area contributed by atoms with Crippen molar-refractivity contribution in [2.75, 3.05) is 7.11 Å². The molecule has 0 aliphatic carbocycles. The van der Waals surface area contributed by atoms with Gasteiger partial charge in [0.1, 0.15) is 0 Å². The molecule has 0 amide bonds. The van der Waals surface area contributed by atoms with Crippen LogP contribution in [0.1, 0.15) is 10.6 Å². The van der Waals surface area contributed by atoms with Crippen LogP contribution in [0.2, 0.25) is 0 Å². The van der Waals surface area contributed by atoms with Crippen LogP contribution in [-0.2, 0) is 9.53 Å². The van der Waals surface area contributed by atoms with Crippen molar-refractivity contribution in [2.45, 2.75) is 0 Å². The van der Waals surface area contributed by atoms with Crippen LogP contribution >= 0.6 is 0 Å². The zero-order chi connectivity index (χ0) is 9.68. The van der Waals surface area contributed by atoms with Gasteiger partial charge in [0.05, 0.1) is 13.4 Å². The number of rotatable bonds is 1. The molecule has 0 aliphatic rings. The summed E-state index contributed by atoms with van der Waals surface area (Å²) in [5.74, 6) is 2.89. The van der Waals surface area contributed by atoms with Crippen molar-refractivity contribution in [1.82, 2.24) is 0 Å². The number of furan rings is 1. The lowest BCUT2D eigenvalue weighted by Crippen LogP contribution is -1.98. The lowest BCUT2D eigenvalue weighted by atomic mass is 10.3. The summed E-state index contributed by atoms with van der Waals surface area (Å²) < 4.78 is 8.98. The summed E-state index contributed by atoms with van der Waals surface area (Å²) in [6.45, 7) is 0. The number of hydrogen-bond acceptors (Lipinski definition) is 4. The Morgan fingerprint density at radius 2 is 2.23 bits per heavy atom. The summed E-state index contributed by atoms with van der Waals surface area (Å²) in [6.07, 6.45) is 1.35. The first kappa shape index (κ1) is 9.07. The minimum Gasteiger partial charge on any atom is -0.460 e. The van der Waals surface area contributed by atoms with Crippen molar-refractivity contribution < 1.29 is 18.7 Å². The maximum Gasteiger partial charge on any atom is 0.384 e. The molecular weight excluding hydrogens is 172 g/mol. The highest BCUT2D eigenvalue weighted by Gasteiger charge is 2.04. The average molecular weight is 178 g/mol. The van der Waals surface area contributed by atoms with Gasteiger partial charge in [-0.25, -0.2) is 4.79 Å². The summed E-state index contributed by atoms with van der Waals surface area (Å²) in [7, 11) is 1.19. The molecule has 0 saturated heterocycles. The molecule has 0 spiro atoms. The lowest BCUT2D eigenvalue weighted by Gasteiger charge is -1.84. The van der Waals surface area contributed by atoms with Gasteiger partial charge in [-0.15, -0.1) is 0 Å². The first-order valence-electron chi connectivity index (χ1n) is 3.42. The molecule has 66 valence electrons. The molecule has 0 unspecified atom stereocenters. The predicted molar refractivity (Wildman–Crippen MR) is 42.8 cm³/mol. The van der Waals surface area contributed by atoms with Crippen LogP contribution in [0.15, 0.2) is 22.8 Å². The number of carbonyl (C=O) groups excluding carboxylic acids is 2. The third-order valence-corrected chi connectivity index (χ3v) is 1.21. The van der Waals surface area contributed by atoms with Crippen molar-refractivity contribution in [3.8, 4) is 11.8 Å². The summed E-state index contributed by atoms with van der Waals surface area (Å²) in [5, 5.41) is 0. The molecule has 1 rings (SSSR count). The third-order valence-electron chi connectivity index (χ3n) is 1.21. The van der Waals surface area contributed by atoms with Crippen LogP contribution < -0.4 is 0 Å². The van der Waals surface area contributed by atoms with Gasteiger partial charge in [0, 0.05) is 5.92 Å². The Morgan fingerprint density at radius 1 is 1.46 bits per heavy atom. The first-order chi connectivity index (χ1) is 6.24. The molecular formula is C9H6O4. The van der Waals surface area contributed by atoms with E-state index in [-0.39, 0.29) is 5.76 Å². The zero-order valence-corrected chi connectivity index (χ0v) is 6.87. The van der Waals surface area contributed by atoms with Gasteiger partial charge in [0.25, 0.3) is 5.78 Å². The van der Waals surface area contributed by atoms with E-state index in [1.54, 1.807) is 6.07 Å². The molecule has 0 radical (unpaired) electrons. The second-order valence-electron chi connectivity index (χ2n) is 2.05. The van der Waals surface area contributed by atoms with E-state index < -0.39 is 11.8 Å². The molecule has 0 aliphatic heterocycles. The zero-order valence-electron chi connectivity index (χ0n) is 6.87. The summed E-state index contributed by atoms with van der Waals surface area (Å²) in [5.41, 5.74) is 0. The smallest absolute Gasteiger partial charge is 0.384 e. The van der Waals surface area contributed by atoms with E-state index in [0.717, 1.165) is 0 Å². The van der Waals surface area contributed by atoms with Gasteiger partial charge >= 0.3 is 5.97 Å². The molecule has 4 nitrogen and oxygen atoms in total. The van der Waals surface area contributed by atoms with E-state index in [4.69, 9.17) is 4.42 Å². The van der Waals surface area contributed by atoms with Gasteiger partial charge < -0.3 is 9.15 Å². The fourth-order valence-corrected chi connectivity index (χ4v) is 0.628. The number of carbonyl (C=O) groups is 2. The van der Waals surface area contributed by atoms with Gasteiger partial charge in [-0.1, -0.05) is 0 Å². The number of ketones is 1. The van der Waals surface area contributed by atoms with E-state index in [1.165, 1.54) is 19.4 Å². The Labute approximate surface area is 74.5 Å². The highest BCUT2D eigenvalue weighted by Crippen LogP contribution is 1.99. The Kier molecular flexibility index (Phi) is 2.87.